The van der Waals surface area contributed by atoms with Gasteiger partial charge in [-0.2, -0.15) is 0 Å². The molecule has 146 valence electrons. The molecule has 2 N–H and O–H groups in total. The molecule has 0 saturated heterocycles. The van der Waals surface area contributed by atoms with Crippen LogP contribution in [0.4, 0.5) is 11.5 Å². The summed E-state index contributed by atoms with van der Waals surface area (Å²) in [5.74, 6) is -0.771. The minimum atomic E-state index is -3.92. The highest BCUT2D eigenvalue weighted by Crippen LogP contribution is 2.29. The zero-order valence-corrected chi connectivity index (χ0v) is 17.0. The number of nitrogens with zero attached hydrogens (tertiary/aromatic N) is 2. The van der Waals surface area contributed by atoms with Crippen molar-refractivity contribution in [1.82, 2.24) is 4.98 Å². The number of aromatic nitrogens is 1. The van der Waals surface area contributed by atoms with Crippen LogP contribution in [-0.2, 0) is 10.0 Å². The van der Waals surface area contributed by atoms with Crippen LogP contribution in [0.2, 0.25) is 0 Å². The third kappa shape index (κ3) is 4.39. The Balaban J connectivity index is 2.60. The first kappa shape index (κ1) is 20.7. The molecule has 0 aliphatic rings. The van der Waals surface area contributed by atoms with E-state index in [2.05, 4.69) is 9.71 Å². The number of aromatic carboxylic acids is 1. The molecular weight excluding hydrogens is 366 g/mol. The maximum absolute atomic E-state index is 13.1. The third-order valence-corrected chi connectivity index (χ3v) is 5.96. The summed E-state index contributed by atoms with van der Waals surface area (Å²) in [5, 5.41) is 9.26. The van der Waals surface area contributed by atoms with E-state index in [0.717, 1.165) is 5.56 Å². The van der Waals surface area contributed by atoms with Gasteiger partial charge in [0, 0.05) is 19.3 Å². The molecule has 1 aromatic carbocycles. The predicted octanol–water partition coefficient (Wildman–Crippen LogP) is 3.35. The Labute approximate surface area is 160 Å². The molecule has 1 heterocycles. The van der Waals surface area contributed by atoms with E-state index in [1.807, 2.05) is 25.7 Å². The predicted molar refractivity (Wildman–Crippen MR) is 106 cm³/mol. The summed E-state index contributed by atoms with van der Waals surface area (Å²) in [7, 11) is -3.92. The minimum Gasteiger partial charge on any atom is -0.478 e. The summed E-state index contributed by atoms with van der Waals surface area (Å²) in [5.41, 5.74) is 2.31. The molecule has 0 saturated carbocycles. The lowest BCUT2D eigenvalue weighted by atomic mass is 10.1. The van der Waals surface area contributed by atoms with Gasteiger partial charge >= 0.3 is 5.97 Å². The molecule has 7 nitrogen and oxygen atoms in total. The van der Waals surface area contributed by atoms with Crippen molar-refractivity contribution in [2.45, 2.75) is 39.5 Å². The van der Waals surface area contributed by atoms with Crippen LogP contribution >= 0.6 is 0 Å². The van der Waals surface area contributed by atoms with Gasteiger partial charge in [0.15, 0.2) is 5.82 Å². The van der Waals surface area contributed by atoms with E-state index < -0.39 is 16.0 Å². The van der Waals surface area contributed by atoms with E-state index >= 15 is 0 Å². The molecule has 0 amide bonds. The van der Waals surface area contributed by atoms with Crippen molar-refractivity contribution in [3.8, 4) is 0 Å². The SMILES string of the molecule is CCN(CC)c1ncc(C(=O)O)cc1NS(=O)(=O)c1c(C)cc(C)cc1C. The van der Waals surface area contributed by atoms with Crippen molar-refractivity contribution in [2.75, 3.05) is 22.7 Å². The first-order valence-corrected chi connectivity index (χ1v) is 10.2. The quantitative estimate of drug-likeness (QED) is 0.751. The molecule has 0 bridgehead atoms. The van der Waals surface area contributed by atoms with E-state index in [-0.39, 0.29) is 16.1 Å². The average Bonchev–Trinajstić information content (AvgIpc) is 2.55. The normalized spacial score (nSPS) is 11.3. The zero-order valence-electron chi connectivity index (χ0n) is 16.2. The summed E-state index contributed by atoms with van der Waals surface area (Å²) in [4.78, 5) is 17.6. The van der Waals surface area contributed by atoms with E-state index in [1.54, 1.807) is 26.0 Å². The highest BCUT2D eigenvalue weighted by Gasteiger charge is 2.23. The molecule has 0 aliphatic carbocycles. The van der Waals surface area contributed by atoms with Gasteiger partial charge in [0.25, 0.3) is 10.0 Å². The van der Waals surface area contributed by atoms with Crippen molar-refractivity contribution in [3.63, 3.8) is 0 Å². The second-order valence-electron chi connectivity index (χ2n) is 6.41. The fourth-order valence-corrected chi connectivity index (χ4v) is 4.72. The Bertz CT molecular complexity index is 944. The molecule has 8 heteroatoms. The summed E-state index contributed by atoms with van der Waals surface area (Å²) >= 11 is 0. The van der Waals surface area contributed by atoms with Crippen LogP contribution in [0.1, 0.15) is 40.9 Å². The van der Waals surface area contributed by atoms with Gasteiger partial charge in [-0.15, -0.1) is 0 Å². The van der Waals surface area contributed by atoms with Crippen molar-refractivity contribution < 1.29 is 18.3 Å². The summed E-state index contributed by atoms with van der Waals surface area (Å²) in [6.07, 6.45) is 1.23. The van der Waals surface area contributed by atoms with Crippen LogP contribution in [-0.4, -0.2) is 37.6 Å². The lowest BCUT2D eigenvalue weighted by molar-refractivity contribution is 0.0696. The maximum Gasteiger partial charge on any atom is 0.337 e. The van der Waals surface area contributed by atoms with Gasteiger partial charge in [-0.25, -0.2) is 18.2 Å². The van der Waals surface area contributed by atoms with Gasteiger partial charge in [-0.1, -0.05) is 17.7 Å². The van der Waals surface area contributed by atoms with Crippen molar-refractivity contribution in [2.24, 2.45) is 0 Å². The molecule has 0 radical (unpaired) electrons. The maximum atomic E-state index is 13.1. The van der Waals surface area contributed by atoms with Crippen molar-refractivity contribution in [3.05, 3.63) is 46.6 Å². The fraction of sp³-hybridized carbons (Fsp3) is 0.368. The molecule has 0 atom stereocenters. The molecule has 1 aromatic heterocycles. The summed E-state index contributed by atoms with van der Waals surface area (Å²) in [6.45, 7) is 10.4. The number of benzene rings is 1. The number of carboxylic acid groups (broad SMARTS) is 1. The summed E-state index contributed by atoms with van der Waals surface area (Å²) < 4.78 is 28.7. The molecule has 0 aliphatic heterocycles. The largest absolute Gasteiger partial charge is 0.478 e. The number of carbonyl (C=O) groups is 1. The van der Waals surface area contributed by atoms with Crippen molar-refractivity contribution >= 4 is 27.5 Å². The Morgan fingerprint density at radius 2 is 1.67 bits per heavy atom. The molecule has 2 rings (SSSR count). The number of carboxylic acids is 1. The number of anilines is 2. The Morgan fingerprint density at radius 1 is 1.11 bits per heavy atom. The lowest BCUT2D eigenvalue weighted by Gasteiger charge is -2.24. The Kier molecular flexibility index (Phi) is 6.10. The van der Waals surface area contributed by atoms with E-state index in [1.165, 1.54) is 12.3 Å². The minimum absolute atomic E-state index is 0.0824. The lowest BCUT2D eigenvalue weighted by Crippen LogP contribution is -2.26. The first-order chi connectivity index (χ1) is 12.6. The monoisotopic (exact) mass is 391 g/mol. The van der Waals surface area contributed by atoms with Gasteiger partial charge in [0.05, 0.1) is 16.1 Å². The van der Waals surface area contributed by atoms with Crippen LogP contribution in [0, 0.1) is 20.8 Å². The Morgan fingerprint density at radius 3 is 2.15 bits per heavy atom. The average molecular weight is 391 g/mol. The van der Waals surface area contributed by atoms with Crippen LogP contribution in [0.5, 0.6) is 0 Å². The Hall–Kier alpha value is -2.61. The molecule has 27 heavy (non-hydrogen) atoms. The zero-order chi connectivity index (χ0) is 20.4. The van der Waals surface area contributed by atoms with Crippen LogP contribution in [0.25, 0.3) is 0 Å². The van der Waals surface area contributed by atoms with Crippen LogP contribution in [0.15, 0.2) is 29.3 Å². The first-order valence-electron chi connectivity index (χ1n) is 8.69. The van der Waals surface area contributed by atoms with Gasteiger partial charge in [0.1, 0.15) is 0 Å². The van der Waals surface area contributed by atoms with Crippen LogP contribution < -0.4 is 9.62 Å². The fourth-order valence-electron chi connectivity index (χ4n) is 3.21. The number of aryl methyl sites for hydroxylation is 3. The molecule has 2 aromatic rings. The summed E-state index contributed by atoms with van der Waals surface area (Å²) in [6, 6.07) is 4.91. The number of rotatable bonds is 7. The molecule has 0 spiro atoms. The van der Waals surface area contributed by atoms with E-state index in [9.17, 15) is 18.3 Å². The van der Waals surface area contributed by atoms with Gasteiger partial charge in [-0.05, 0) is 51.8 Å². The van der Waals surface area contributed by atoms with E-state index in [0.29, 0.717) is 30.0 Å². The number of hydrogen-bond donors (Lipinski definition) is 2. The highest BCUT2D eigenvalue weighted by atomic mass is 32.2. The molecule has 0 unspecified atom stereocenters. The standard InChI is InChI=1S/C19H25N3O4S/c1-6-22(7-2)18-16(10-15(11-20-18)19(23)24)21-27(25,26)17-13(4)8-12(3)9-14(17)5/h8-11,21H,6-7H2,1-5H3,(H,23,24). The number of sulfonamides is 1. The van der Waals surface area contributed by atoms with E-state index in [4.69, 9.17) is 0 Å². The third-order valence-electron chi connectivity index (χ3n) is 4.29. The number of nitrogens with one attached hydrogen (secondary N) is 1. The molecular formula is C19H25N3O4S. The highest BCUT2D eigenvalue weighted by molar-refractivity contribution is 7.92. The van der Waals surface area contributed by atoms with Crippen molar-refractivity contribution in [1.29, 1.82) is 0 Å². The van der Waals surface area contributed by atoms with Crippen LogP contribution in [0.3, 0.4) is 0 Å². The smallest absolute Gasteiger partial charge is 0.337 e. The van der Waals surface area contributed by atoms with Gasteiger partial charge < -0.3 is 10.0 Å². The topological polar surface area (TPSA) is 99.6 Å². The second kappa shape index (κ2) is 7.96. The number of hydrogen-bond acceptors (Lipinski definition) is 5. The van der Waals surface area contributed by atoms with Gasteiger partial charge in [0.2, 0.25) is 0 Å². The second-order valence-corrected chi connectivity index (χ2v) is 8.03. The molecule has 0 fully saturated rings. The van der Waals surface area contributed by atoms with Gasteiger partial charge in [-0.3, -0.25) is 4.72 Å². The number of pyridine rings is 1.